The van der Waals surface area contributed by atoms with Gasteiger partial charge in [0, 0.05) is 18.2 Å². The Morgan fingerprint density at radius 3 is 2.63 bits per heavy atom. The van der Waals surface area contributed by atoms with E-state index in [-0.39, 0.29) is 5.92 Å². The van der Waals surface area contributed by atoms with Crippen LogP contribution >= 0.6 is 0 Å². The standard InChI is InChI=1S/C15H25N3O/c1-11(2)18-8-7-14(17-18)9-15(19)13-5-3-12(10-16)4-6-13/h7-8,11-13H,3-6,9-10,16H2,1-2H3. The summed E-state index contributed by atoms with van der Waals surface area (Å²) in [5, 5.41) is 4.45. The molecule has 1 saturated carbocycles. The summed E-state index contributed by atoms with van der Waals surface area (Å²) >= 11 is 0. The van der Waals surface area contributed by atoms with Gasteiger partial charge in [-0.2, -0.15) is 5.10 Å². The lowest BCUT2D eigenvalue weighted by atomic mass is 9.79. The van der Waals surface area contributed by atoms with Crippen LogP contribution in [0.25, 0.3) is 0 Å². The molecule has 1 aliphatic carbocycles. The van der Waals surface area contributed by atoms with Crippen LogP contribution in [0.15, 0.2) is 12.3 Å². The van der Waals surface area contributed by atoms with E-state index in [0.29, 0.717) is 24.2 Å². The van der Waals surface area contributed by atoms with Crippen LogP contribution in [0.5, 0.6) is 0 Å². The summed E-state index contributed by atoms with van der Waals surface area (Å²) in [5.41, 5.74) is 6.58. The molecule has 0 amide bonds. The fourth-order valence-electron chi connectivity index (χ4n) is 2.80. The van der Waals surface area contributed by atoms with Crippen molar-refractivity contribution in [1.82, 2.24) is 9.78 Å². The molecule has 0 saturated heterocycles. The SMILES string of the molecule is CC(C)n1ccc(CC(=O)C2CCC(CN)CC2)n1. The second kappa shape index (κ2) is 6.33. The summed E-state index contributed by atoms with van der Waals surface area (Å²) in [4.78, 5) is 12.3. The fraction of sp³-hybridized carbons (Fsp3) is 0.733. The Hall–Kier alpha value is -1.16. The molecule has 1 heterocycles. The smallest absolute Gasteiger partial charge is 0.141 e. The zero-order valence-electron chi connectivity index (χ0n) is 12.0. The van der Waals surface area contributed by atoms with Gasteiger partial charge in [0.05, 0.1) is 12.1 Å². The van der Waals surface area contributed by atoms with Gasteiger partial charge in [-0.1, -0.05) is 0 Å². The maximum absolute atomic E-state index is 12.3. The van der Waals surface area contributed by atoms with E-state index < -0.39 is 0 Å². The zero-order valence-corrected chi connectivity index (χ0v) is 12.0. The molecule has 0 radical (unpaired) electrons. The number of hydrogen-bond acceptors (Lipinski definition) is 3. The molecule has 1 aromatic heterocycles. The summed E-state index contributed by atoms with van der Waals surface area (Å²) in [7, 11) is 0. The summed E-state index contributed by atoms with van der Waals surface area (Å²) in [5.74, 6) is 1.21. The molecule has 19 heavy (non-hydrogen) atoms. The lowest BCUT2D eigenvalue weighted by Gasteiger charge is -2.26. The van der Waals surface area contributed by atoms with Gasteiger partial charge in [-0.25, -0.2) is 0 Å². The molecule has 106 valence electrons. The number of carbonyl (C=O) groups is 1. The number of carbonyl (C=O) groups excluding carboxylic acids is 1. The molecule has 1 aliphatic rings. The minimum atomic E-state index is 0.229. The van der Waals surface area contributed by atoms with Gasteiger partial charge < -0.3 is 5.73 Å². The maximum Gasteiger partial charge on any atom is 0.141 e. The van der Waals surface area contributed by atoms with Crippen molar-refractivity contribution in [1.29, 1.82) is 0 Å². The monoisotopic (exact) mass is 263 g/mol. The Kier molecular flexibility index (Phi) is 4.75. The van der Waals surface area contributed by atoms with E-state index >= 15 is 0 Å². The molecule has 0 aliphatic heterocycles. The minimum absolute atomic E-state index is 0.229. The van der Waals surface area contributed by atoms with Gasteiger partial charge in [0.25, 0.3) is 0 Å². The van der Waals surface area contributed by atoms with Gasteiger partial charge in [0.2, 0.25) is 0 Å². The number of nitrogens with two attached hydrogens (primary N) is 1. The van der Waals surface area contributed by atoms with Gasteiger partial charge in [-0.15, -0.1) is 0 Å². The molecular weight excluding hydrogens is 238 g/mol. The molecule has 0 aromatic carbocycles. The number of ketones is 1. The van der Waals surface area contributed by atoms with Gasteiger partial charge in [-0.3, -0.25) is 9.48 Å². The number of rotatable bonds is 5. The summed E-state index contributed by atoms with van der Waals surface area (Å²) < 4.78 is 1.91. The van der Waals surface area contributed by atoms with Crippen molar-refractivity contribution in [3.8, 4) is 0 Å². The van der Waals surface area contributed by atoms with Crippen molar-refractivity contribution in [3.63, 3.8) is 0 Å². The quantitative estimate of drug-likeness (QED) is 0.887. The predicted molar refractivity (Wildman–Crippen MR) is 75.8 cm³/mol. The molecule has 0 spiro atoms. The Labute approximate surface area is 115 Å². The Morgan fingerprint density at radius 2 is 2.11 bits per heavy atom. The third-order valence-electron chi connectivity index (χ3n) is 4.18. The maximum atomic E-state index is 12.3. The average Bonchev–Trinajstić information content (AvgIpc) is 2.87. The van der Waals surface area contributed by atoms with Crippen LogP contribution in [0, 0.1) is 11.8 Å². The van der Waals surface area contributed by atoms with Gasteiger partial charge in [-0.05, 0) is 58.1 Å². The van der Waals surface area contributed by atoms with Crippen molar-refractivity contribution in [2.75, 3.05) is 6.54 Å². The van der Waals surface area contributed by atoms with Crippen LogP contribution < -0.4 is 5.73 Å². The van der Waals surface area contributed by atoms with Gasteiger partial charge >= 0.3 is 0 Å². The molecule has 2 N–H and O–H groups in total. The predicted octanol–water partition coefficient (Wildman–Crippen LogP) is 2.34. The number of Topliss-reactive ketones (excluding diaryl/α,β-unsaturated/α-hetero) is 1. The molecule has 0 unspecified atom stereocenters. The molecule has 4 nitrogen and oxygen atoms in total. The summed E-state index contributed by atoms with van der Waals surface area (Å²) in [6.07, 6.45) is 6.66. The fourth-order valence-corrected chi connectivity index (χ4v) is 2.80. The first-order chi connectivity index (χ1) is 9.10. The van der Waals surface area contributed by atoms with Crippen LogP contribution in [-0.4, -0.2) is 22.1 Å². The second-order valence-electron chi connectivity index (χ2n) is 5.98. The van der Waals surface area contributed by atoms with Crippen LogP contribution in [0.1, 0.15) is 51.3 Å². The Morgan fingerprint density at radius 1 is 1.42 bits per heavy atom. The molecule has 2 rings (SSSR count). The first-order valence-corrected chi connectivity index (χ1v) is 7.37. The Balaban J connectivity index is 1.87. The highest BCUT2D eigenvalue weighted by Gasteiger charge is 2.25. The molecular formula is C15H25N3O. The summed E-state index contributed by atoms with van der Waals surface area (Å²) in [6.45, 7) is 4.94. The lowest BCUT2D eigenvalue weighted by molar-refractivity contribution is -0.123. The van der Waals surface area contributed by atoms with Crippen molar-refractivity contribution >= 4 is 5.78 Å². The number of hydrogen-bond donors (Lipinski definition) is 1. The van der Waals surface area contributed by atoms with Crippen molar-refractivity contribution in [2.24, 2.45) is 17.6 Å². The number of nitrogens with zero attached hydrogens (tertiary/aromatic N) is 2. The third-order valence-corrected chi connectivity index (χ3v) is 4.18. The Bertz CT molecular complexity index is 417. The molecule has 1 aromatic rings. The first-order valence-electron chi connectivity index (χ1n) is 7.37. The largest absolute Gasteiger partial charge is 0.330 e. The normalized spacial score (nSPS) is 23.8. The van der Waals surface area contributed by atoms with Crippen LogP contribution in [0.2, 0.25) is 0 Å². The molecule has 1 fully saturated rings. The topological polar surface area (TPSA) is 60.9 Å². The second-order valence-corrected chi connectivity index (χ2v) is 5.98. The first kappa shape index (κ1) is 14.3. The number of aromatic nitrogens is 2. The summed E-state index contributed by atoms with van der Waals surface area (Å²) in [6, 6.07) is 2.31. The van der Waals surface area contributed by atoms with Crippen LogP contribution in [0.3, 0.4) is 0 Å². The van der Waals surface area contributed by atoms with Crippen LogP contribution in [-0.2, 0) is 11.2 Å². The molecule has 0 atom stereocenters. The van der Waals surface area contributed by atoms with Crippen molar-refractivity contribution in [2.45, 2.75) is 52.0 Å². The van der Waals surface area contributed by atoms with Gasteiger partial charge in [0.1, 0.15) is 5.78 Å². The molecule has 0 bridgehead atoms. The highest BCUT2D eigenvalue weighted by atomic mass is 16.1. The van der Waals surface area contributed by atoms with Crippen molar-refractivity contribution < 1.29 is 4.79 Å². The van der Waals surface area contributed by atoms with E-state index in [4.69, 9.17) is 5.73 Å². The molecule has 4 heteroatoms. The van der Waals surface area contributed by atoms with E-state index in [0.717, 1.165) is 37.9 Å². The highest BCUT2D eigenvalue weighted by molar-refractivity contribution is 5.82. The van der Waals surface area contributed by atoms with Gasteiger partial charge in [0.15, 0.2) is 0 Å². The highest BCUT2D eigenvalue weighted by Crippen LogP contribution is 2.29. The van der Waals surface area contributed by atoms with E-state index in [1.54, 1.807) is 0 Å². The van der Waals surface area contributed by atoms with E-state index in [9.17, 15) is 4.79 Å². The van der Waals surface area contributed by atoms with E-state index in [1.807, 2.05) is 16.9 Å². The minimum Gasteiger partial charge on any atom is -0.330 e. The van der Waals surface area contributed by atoms with Crippen molar-refractivity contribution in [3.05, 3.63) is 18.0 Å². The zero-order chi connectivity index (χ0) is 13.8. The average molecular weight is 263 g/mol. The third kappa shape index (κ3) is 3.66. The van der Waals surface area contributed by atoms with Crippen LogP contribution in [0.4, 0.5) is 0 Å². The van der Waals surface area contributed by atoms with E-state index in [1.165, 1.54) is 0 Å². The van der Waals surface area contributed by atoms with E-state index in [2.05, 4.69) is 18.9 Å². The lowest BCUT2D eigenvalue weighted by Crippen LogP contribution is -2.26.